The van der Waals surface area contributed by atoms with E-state index >= 15 is 14.4 Å². The molecule has 0 aromatic heterocycles. The second-order valence-electron chi connectivity index (χ2n) is 26.6. The fourth-order valence-corrected chi connectivity index (χ4v) is 11.1. The number of likely N-dealkylation sites (N-methyl/N-ethyl adjacent to an activating group) is 7. The van der Waals surface area contributed by atoms with E-state index in [1.165, 1.54) is 82.8 Å². The maximum Gasteiger partial charge on any atom is 0.251 e. The molecule has 24 heteroatoms. The molecular formula is C63H113N11O13. The van der Waals surface area contributed by atoms with Crippen LogP contribution in [0.1, 0.15) is 156 Å². The second kappa shape index (κ2) is 35.1. The summed E-state index contributed by atoms with van der Waals surface area (Å²) in [5.41, 5.74) is -2.14. The zero-order chi connectivity index (χ0) is 67.6. The first-order valence-corrected chi connectivity index (χ1v) is 31.1. The Balaban J connectivity index is 4.43. The molecule has 6 N–H and O–H groups in total. The summed E-state index contributed by atoms with van der Waals surface area (Å²) in [4.78, 5) is 169. The van der Waals surface area contributed by atoms with Gasteiger partial charge in [0.25, 0.3) is 5.91 Å². The minimum Gasteiger partial charge on any atom is -0.393 e. The quantitative estimate of drug-likeness (QED) is 0.121. The molecule has 0 aromatic carbocycles. The van der Waals surface area contributed by atoms with Gasteiger partial charge < -0.3 is 65.8 Å². The van der Waals surface area contributed by atoms with Crippen molar-refractivity contribution in [1.29, 1.82) is 0 Å². The van der Waals surface area contributed by atoms with Crippen LogP contribution in [0.3, 0.4) is 0 Å². The average molecular weight is 1230 g/mol. The molecule has 0 unspecified atom stereocenters. The maximum atomic E-state index is 15.5. The summed E-state index contributed by atoms with van der Waals surface area (Å²) in [5, 5.41) is 34.7. The van der Waals surface area contributed by atoms with E-state index in [2.05, 4.69) is 21.3 Å². The lowest BCUT2D eigenvalue weighted by Crippen LogP contribution is -2.70. The third-order valence-corrected chi connectivity index (χ3v) is 16.9. The molecule has 1 saturated heterocycles. The van der Waals surface area contributed by atoms with Crippen molar-refractivity contribution in [2.45, 2.75) is 222 Å². The van der Waals surface area contributed by atoms with Crippen molar-refractivity contribution >= 4 is 65.0 Å². The molecule has 87 heavy (non-hydrogen) atoms. The lowest BCUT2D eigenvalue weighted by molar-refractivity contribution is -0.168. The predicted octanol–water partition coefficient (Wildman–Crippen LogP) is 2.63. The smallest absolute Gasteiger partial charge is 0.251 e. The number of aliphatic hydroxyl groups is 2. The Kier molecular flexibility index (Phi) is 31.8. The van der Waals surface area contributed by atoms with Gasteiger partial charge in [-0.1, -0.05) is 109 Å². The predicted molar refractivity (Wildman–Crippen MR) is 334 cm³/mol. The Labute approximate surface area is 520 Å². The number of allylic oxidation sites excluding steroid dienone is 2. The molecular weight excluding hydrogens is 1120 g/mol. The highest BCUT2D eigenvalue weighted by Gasteiger charge is 2.53. The molecule has 0 saturated carbocycles. The van der Waals surface area contributed by atoms with Crippen LogP contribution in [-0.2, 0) is 52.7 Å². The molecule has 1 rings (SSSR count). The summed E-state index contributed by atoms with van der Waals surface area (Å²) in [7, 11) is 9.59. The Bertz CT molecular complexity index is 2400. The van der Waals surface area contributed by atoms with Crippen molar-refractivity contribution < 1.29 is 63.0 Å². The van der Waals surface area contributed by atoms with E-state index in [9.17, 15) is 48.6 Å². The number of carbonyl (C=O) groups excluding carboxylic acids is 11. The number of hydrogen-bond acceptors (Lipinski definition) is 13. The van der Waals surface area contributed by atoms with Crippen LogP contribution in [0.2, 0.25) is 0 Å². The normalized spacial score (nSPS) is 27.4. The first kappa shape index (κ1) is 78.8. The van der Waals surface area contributed by atoms with E-state index < -0.39 is 162 Å². The van der Waals surface area contributed by atoms with Gasteiger partial charge in [-0.25, -0.2) is 0 Å². The van der Waals surface area contributed by atoms with Gasteiger partial charge in [0.15, 0.2) is 0 Å². The van der Waals surface area contributed by atoms with E-state index in [1.807, 2.05) is 55.4 Å². The molecule has 12 atom stereocenters. The molecule has 0 aliphatic carbocycles. The summed E-state index contributed by atoms with van der Waals surface area (Å²) in [5.74, 6) is -10.9. The Morgan fingerprint density at radius 1 is 0.529 bits per heavy atom. The summed E-state index contributed by atoms with van der Waals surface area (Å²) in [6.45, 7) is 27.8. The molecule has 0 aromatic rings. The van der Waals surface area contributed by atoms with Crippen molar-refractivity contribution in [3.05, 3.63) is 12.2 Å². The molecule has 1 aliphatic heterocycles. The Morgan fingerprint density at radius 3 is 1.41 bits per heavy atom. The monoisotopic (exact) mass is 1230 g/mol. The van der Waals surface area contributed by atoms with Crippen LogP contribution in [0.5, 0.6) is 0 Å². The number of carbonyl (C=O) groups is 11. The fourth-order valence-electron chi connectivity index (χ4n) is 11.1. The van der Waals surface area contributed by atoms with Gasteiger partial charge in [-0.3, -0.25) is 52.7 Å². The minimum atomic E-state index is -2.14. The third kappa shape index (κ3) is 20.7. The van der Waals surface area contributed by atoms with Gasteiger partial charge in [0, 0.05) is 49.3 Å². The number of hydrogen-bond donors (Lipinski definition) is 6. The Morgan fingerprint density at radius 2 is 0.966 bits per heavy atom. The number of nitrogens with one attached hydrogen (secondary N) is 4. The average Bonchev–Trinajstić information content (AvgIpc) is 1.16. The topological polar surface area (TPSA) is 299 Å². The number of rotatable bonds is 16. The largest absolute Gasteiger partial charge is 0.393 e. The molecule has 0 bridgehead atoms. The highest BCUT2D eigenvalue weighted by molar-refractivity contribution is 6.00. The van der Waals surface area contributed by atoms with Gasteiger partial charge in [0.2, 0.25) is 59.1 Å². The van der Waals surface area contributed by atoms with Gasteiger partial charge in [0.1, 0.15) is 59.9 Å². The van der Waals surface area contributed by atoms with Gasteiger partial charge in [0.05, 0.1) is 19.3 Å². The van der Waals surface area contributed by atoms with E-state index in [4.69, 9.17) is 0 Å². The van der Waals surface area contributed by atoms with Gasteiger partial charge >= 0.3 is 0 Å². The molecule has 11 amide bonds. The summed E-state index contributed by atoms with van der Waals surface area (Å²) < 4.78 is 0. The summed E-state index contributed by atoms with van der Waals surface area (Å²) in [6, 6.07) is -11.6. The van der Waals surface area contributed by atoms with Crippen LogP contribution >= 0.6 is 0 Å². The summed E-state index contributed by atoms with van der Waals surface area (Å²) in [6.07, 6.45) is 2.63. The van der Waals surface area contributed by atoms with Crippen molar-refractivity contribution in [2.75, 3.05) is 62.5 Å². The lowest BCUT2D eigenvalue weighted by atomic mass is 9.82. The molecule has 24 nitrogen and oxygen atoms in total. The number of aliphatic hydroxyl groups excluding tert-OH is 2. The standard InChI is InChI=1S/C63H113N11O13/c1-25-27-28-41(15)52(77)51-56(81)66-44(26-2)58(83)68(18)33-49(76)69(19)45(29-35(3)4)55(80)67-50(39(11)12)61(86)70(20)46(30-36(5)6)54(79)64-42(16)53(78)65-43(17)57(82)71(21)47(31-37(7)8)59(84)72(22)48(32-38(9)10)60(85)74(24)63(34-75,40(13)14)62(87)73(51)23/h25,27,35-48,50-52,75,77H,26,28-34H2,1-24H3,(H,64,79)(H,65,78)(H,66,81)(H,67,80)/b27-25+/t41-,42+,43-,44+,45+,46+,47+,48+,50+,51+,52-,63-/m1/s1. The van der Waals surface area contributed by atoms with E-state index in [1.54, 1.807) is 60.6 Å². The van der Waals surface area contributed by atoms with E-state index in [0.29, 0.717) is 0 Å². The first-order chi connectivity index (χ1) is 40.1. The molecule has 1 fully saturated rings. The van der Waals surface area contributed by atoms with Crippen LogP contribution < -0.4 is 21.3 Å². The Hall–Kier alpha value is -6.17. The minimum absolute atomic E-state index is 0.0208. The van der Waals surface area contributed by atoms with Crippen LogP contribution in [-0.4, -0.2) is 238 Å². The third-order valence-electron chi connectivity index (χ3n) is 16.9. The molecule has 1 heterocycles. The molecule has 0 radical (unpaired) electrons. The van der Waals surface area contributed by atoms with Gasteiger partial charge in [-0.15, -0.1) is 0 Å². The van der Waals surface area contributed by atoms with E-state index in [-0.39, 0.29) is 62.2 Å². The molecule has 498 valence electrons. The number of nitrogens with zero attached hydrogens (tertiary/aromatic N) is 7. The lowest BCUT2D eigenvalue weighted by Gasteiger charge is -2.48. The highest BCUT2D eigenvalue weighted by Crippen LogP contribution is 2.32. The zero-order valence-corrected chi connectivity index (χ0v) is 57.1. The molecule has 0 spiro atoms. The second-order valence-corrected chi connectivity index (χ2v) is 26.6. The van der Waals surface area contributed by atoms with Crippen LogP contribution in [0, 0.1) is 41.4 Å². The van der Waals surface area contributed by atoms with Crippen LogP contribution in [0.4, 0.5) is 0 Å². The fraction of sp³-hybridized carbons (Fsp3) is 0.794. The van der Waals surface area contributed by atoms with Gasteiger partial charge in [-0.2, -0.15) is 0 Å². The number of amides is 11. The van der Waals surface area contributed by atoms with Crippen LogP contribution in [0.25, 0.3) is 0 Å². The van der Waals surface area contributed by atoms with Crippen LogP contribution in [0.15, 0.2) is 12.2 Å². The van der Waals surface area contributed by atoms with E-state index in [0.717, 1.165) is 14.7 Å². The SMILES string of the molecule is C/C=C/C[C@@H](C)[C@@H](O)[C@H]1C(=O)N[C@@H](CC)C(=O)N(C)CC(=O)N(C)[C@@H](CC(C)C)C(=O)N[C@@H](C(C)C)C(=O)N(C)[C@@H](CC(C)C)C(=O)N[C@@H](C)C(=O)N[C@H](C)C(=O)N(C)[C@@H](CC(C)C)C(=O)N(C)[C@@H](CC(C)C)C(=O)N(C)[C@](CO)(C(C)C)C(=O)N1C. The summed E-state index contributed by atoms with van der Waals surface area (Å²) >= 11 is 0. The highest BCUT2D eigenvalue weighted by atomic mass is 16.3. The first-order valence-electron chi connectivity index (χ1n) is 31.1. The maximum absolute atomic E-state index is 15.5. The van der Waals surface area contributed by atoms with Crippen molar-refractivity contribution in [3.63, 3.8) is 0 Å². The van der Waals surface area contributed by atoms with Crippen molar-refractivity contribution in [3.8, 4) is 0 Å². The zero-order valence-electron chi connectivity index (χ0n) is 57.1. The van der Waals surface area contributed by atoms with Gasteiger partial charge in [-0.05, 0) is 101 Å². The van der Waals surface area contributed by atoms with Crippen molar-refractivity contribution in [1.82, 2.24) is 55.6 Å². The molecule has 1 aliphatic rings. The van der Waals surface area contributed by atoms with Crippen molar-refractivity contribution in [2.24, 2.45) is 41.4 Å².